The van der Waals surface area contributed by atoms with Crippen LogP contribution in [0.2, 0.25) is 0 Å². The standard InChI is InChI=1S/C13H19N3O3/c1-8(2)16-4-5-19-11(7-16)12-14-9(3)6-10(15-12)13(17)18/h6,8,11H,4-5,7H2,1-3H3,(H,17,18). The highest BCUT2D eigenvalue weighted by atomic mass is 16.5. The monoisotopic (exact) mass is 265 g/mol. The zero-order valence-electron chi connectivity index (χ0n) is 11.5. The number of aryl methyl sites for hydroxylation is 1. The first-order chi connectivity index (χ1) is 8.97. The molecular formula is C13H19N3O3. The lowest BCUT2D eigenvalue weighted by molar-refractivity contribution is -0.0444. The Labute approximate surface area is 112 Å². The number of hydrogen-bond acceptors (Lipinski definition) is 5. The Kier molecular flexibility index (Phi) is 4.11. The summed E-state index contributed by atoms with van der Waals surface area (Å²) in [5, 5.41) is 9.03. The van der Waals surface area contributed by atoms with Crippen molar-refractivity contribution in [1.82, 2.24) is 14.9 Å². The summed E-state index contributed by atoms with van der Waals surface area (Å²) >= 11 is 0. The van der Waals surface area contributed by atoms with Gasteiger partial charge in [0.05, 0.1) is 6.61 Å². The van der Waals surface area contributed by atoms with Crippen molar-refractivity contribution in [3.63, 3.8) is 0 Å². The number of morpholine rings is 1. The number of carboxylic acid groups (broad SMARTS) is 1. The highest BCUT2D eigenvalue weighted by molar-refractivity contribution is 5.85. The van der Waals surface area contributed by atoms with E-state index >= 15 is 0 Å². The van der Waals surface area contributed by atoms with Crippen molar-refractivity contribution in [2.75, 3.05) is 19.7 Å². The molecule has 0 aromatic carbocycles. The van der Waals surface area contributed by atoms with E-state index in [2.05, 4.69) is 28.7 Å². The molecule has 1 aromatic rings. The van der Waals surface area contributed by atoms with E-state index < -0.39 is 5.97 Å². The fourth-order valence-corrected chi connectivity index (χ4v) is 2.14. The molecule has 1 aliphatic rings. The first kappa shape index (κ1) is 13.9. The minimum Gasteiger partial charge on any atom is -0.477 e. The Balaban J connectivity index is 2.23. The maximum absolute atomic E-state index is 11.0. The Hall–Kier alpha value is -1.53. The van der Waals surface area contributed by atoms with Crippen molar-refractivity contribution in [1.29, 1.82) is 0 Å². The largest absolute Gasteiger partial charge is 0.477 e. The van der Waals surface area contributed by atoms with Crippen molar-refractivity contribution in [3.8, 4) is 0 Å². The second-order valence-corrected chi connectivity index (χ2v) is 5.01. The van der Waals surface area contributed by atoms with Crippen LogP contribution in [0.3, 0.4) is 0 Å². The van der Waals surface area contributed by atoms with Gasteiger partial charge in [0, 0.05) is 24.8 Å². The van der Waals surface area contributed by atoms with Crippen LogP contribution in [0, 0.1) is 6.92 Å². The number of aromatic carboxylic acids is 1. The van der Waals surface area contributed by atoms with E-state index in [9.17, 15) is 4.79 Å². The van der Waals surface area contributed by atoms with Gasteiger partial charge in [0.2, 0.25) is 0 Å². The van der Waals surface area contributed by atoms with Crippen LogP contribution in [0.5, 0.6) is 0 Å². The molecule has 1 atom stereocenters. The zero-order chi connectivity index (χ0) is 14.0. The summed E-state index contributed by atoms with van der Waals surface area (Å²) in [4.78, 5) is 21.7. The summed E-state index contributed by atoms with van der Waals surface area (Å²) in [6.07, 6.45) is -0.255. The number of ether oxygens (including phenoxy) is 1. The molecule has 1 aromatic heterocycles. The molecule has 1 unspecified atom stereocenters. The van der Waals surface area contributed by atoms with Gasteiger partial charge in [-0.05, 0) is 26.8 Å². The molecule has 1 fully saturated rings. The van der Waals surface area contributed by atoms with E-state index in [0.29, 0.717) is 30.7 Å². The molecule has 6 nitrogen and oxygen atoms in total. The van der Waals surface area contributed by atoms with E-state index in [1.165, 1.54) is 6.07 Å². The topological polar surface area (TPSA) is 75.5 Å². The summed E-state index contributed by atoms with van der Waals surface area (Å²) in [5.74, 6) is -0.578. The molecule has 19 heavy (non-hydrogen) atoms. The maximum Gasteiger partial charge on any atom is 0.354 e. The normalized spacial score (nSPS) is 20.7. The van der Waals surface area contributed by atoms with Gasteiger partial charge in [0.1, 0.15) is 6.10 Å². The Morgan fingerprint density at radius 2 is 2.26 bits per heavy atom. The second kappa shape index (κ2) is 5.63. The van der Waals surface area contributed by atoms with Gasteiger partial charge in [-0.25, -0.2) is 14.8 Å². The van der Waals surface area contributed by atoms with Gasteiger partial charge < -0.3 is 9.84 Å². The number of carboxylic acids is 1. The van der Waals surface area contributed by atoms with E-state index in [-0.39, 0.29) is 11.8 Å². The SMILES string of the molecule is Cc1cc(C(=O)O)nc(C2CN(C(C)C)CCO2)n1. The lowest BCUT2D eigenvalue weighted by Gasteiger charge is -2.34. The average molecular weight is 265 g/mol. The number of carbonyl (C=O) groups is 1. The molecule has 104 valence electrons. The van der Waals surface area contributed by atoms with Crippen LogP contribution in [0.4, 0.5) is 0 Å². The third-order valence-corrected chi connectivity index (χ3v) is 3.21. The van der Waals surface area contributed by atoms with Crippen molar-refractivity contribution in [3.05, 3.63) is 23.3 Å². The smallest absolute Gasteiger partial charge is 0.354 e. The molecule has 6 heteroatoms. The lowest BCUT2D eigenvalue weighted by Crippen LogP contribution is -2.42. The maximum atomic E-state index is 11.0. The number of hydrogen-bond donors (Lipinski definition) is 1. The van der Waals surface area contributed by atoms with Gasteiger partial charge >= 0.3 is 5.97 Å². The number of nitrogens with zero attached hydrogens (tertiary/aromatic N) is 3. The molecule has 0 bridgehead atoms. The Morgan fingerprint density at radius 3 is 2.89 bits per heavy atom. The first-order valence-corrected chi connectivity index (χ1v) is 6.42. The van der Waals surface area contributed by atoms with E-state index in [1.54, 1.807) is 6.92 Å². The molecule has 1 N–H and O–H groups in total. The van der Waals surface area contributed by atoms with Crippen molar-refractivity contribution in [2.24, 2.45) is 0 Å². The fraction of sp³-hybridized carbons (Fsp3) is 0.615. The van der Waals surface area contributed by atoms with E-state index in [1.807, 2.05) is 0 Å². The van der Waals surface area contributed by atoms with Gasteiger partial charge in [0.15, 0.2) is 11.5 Å². The average Bonchev–Trinajstić information content (AvgIpc) is 2.38. The van der Waals surface area contributed by atoms with E-state index in [4.69, 9.17) is 9.84 Å². The molecule has 0 radical (unpaired) electrons. The predicted octanol–water partition coefficient (Wildman–Crippen LogP) is 1.26. The van der Waals surface area contributed by atoms with Crippen LogP contribution in [-0.4, -0.2) is 51.7 Å². The second-order valence-electron chi connectivity index (χ2n) is 5.01. The van der Waals surface area contributed by atoms with Crippen molar-refractivity contribution in [2.45, 2.75) is 32.9 Å². The molecule has 1 aliphatic heterocycles. The molecule has 0 aliphatic carbocycles. The highest BCUT2D eigenvalue weighted by Gasteiger charge is 2.26. The highest BCUT2D eigenvalue weighted by Crippen LogP contribution is 2.21. The summed E-state index contributed by atoms with van der Waals surface area (Å²) in [7, 11) is 0. The molecular weight excluding hydrogens is 246 g/mol. The Morgan fingerprint density at radius 1 is 1.53 bits per heavy atom. The van der Waals surface area contributed by atoms with Crippen LogP contribution < -0.4 is 0 Å². The first-order valence-electron chi connectivity index (χ1n) is 6.42. The van der Waals surface area contributed by atoms with Crippen LogP contribution in [0.15, 0.2) is 6.07 Å². The molecule has 2 heterocycles. The van der Waals surface area contributed by atoms with Crippen LogP contribution in [-0.2, 0) is 4.74 Å². The van der Waals surface area contributed by atoms with Crippen molar-refractivity contribution < 1.29 is 14.6 Å². The minimum atomic E-state index is -1.04. The molecule has 2 rings (SSSR count). The third-order valence-electron chi connectivity index (χ3n) is 3.21. The van der Waals surface area contributed by atoms with Crippen molar-refractivity contribution >= 4 is 5.97 Å². The van der Waals surface area contributed by atoms with Crippen LogP contribution in [0.1, 0.15) is 42.0 Å². The Bertz CT molecular complexity index is 476. The van der Waals surface area contributed by atoms with E-state index in [0.717, 1.165) is 6.54 Å². The third kappa shape index (κ3) is 3.27. The minimum absolute atomic E-state index is 0.0211. The number of aromatic nitrogens is 2. The summed E-state index contributed by atoms with van der Waals surface area (Å²) in [6.45, 7) is 8.21. The molecule has 0 amide bonds. The number of rotatable bonds is 3. The predicted molar refractivity (Wildman–Crippen MR) is 69.1 cm³/mol. The van der Waals surface area contributed by atoms with Gasteiger partial charge in [-0.2, -0.15) is 0 Å². The van der Waals surface area contributed by atoms with Gasteiger partial charge in [-0.3, -0.25) is 4.90 Å². The van der Waals surface area contributed by atoms with Gasteiger partial charge in [-0.15, -0.1) is 0 Å². The fourth-order valence-electron chi connectivity index (χ4n) is 2.14. The van der Waals surface area contributed by atoms with Gasteiger partial charge in [-0.1, -0.05) is 0 Å². The molecule has 0 spiro atoms. The summed E-state index contributed by atoms with van der Waals surface area (Å²) in [5.41, 5.74) is 0.667. The lowest BCUT2D eigenvalue weighted by atomic mass is 10.2. The van der Waals surface area contributed by atoms with Gasteiger partial charge in [0.25, 0.3) is 0 Å². The molecule has 1 saturated heterocycles. The zero-order valence-corrected chi connectivity index (χ0v) is 11.5. The quantitative estimate of drug-likeness (QED) is 0.887. The molecule has 0 saturated carbocycles. The van der Waals surface area contributed by atoms with Crippen LogP contribution >= 0.6 is 0 Å². The summed E-state index contributed by atoms with van der Waals surface area (Å²) < 4.78 is 5.67. The summed E-state index contributed by atoms with van der Waals surface area (Å²) in [6, 6.07) is 1.89. The van der Waals surface area contributed by atoms with Crippen LogP contribution in [0.25, 0.3) is 0 Å².